The topological polar surface area (TPSA) is 72.8 Å². The second-order valence-electron chi connectivity index (χ2n) is 5.21. The minimum atomic E-state index is -0.441. The molecule has 0 unspecified atom stereocenters. The minimum absolute atomic E-state index is 0.0461. The standard InChI is InChI=1S/C15H18O2.C6H10O3/c1-3-4-12-17-15(16)13(2)10-11-14-8-6-5-7-9-14;1-2-6(8)9-5-3-4-7/h5-11H,2-4,12H2,1H3;2,7H,1,3-5H2. The molecule has 142 valence electrons. The molecule has 0 amide bonds. The number of aliphatic hydroxyl groups excluding tert-OH is 1. The average molecular weight is 360 g/mol. The minimum Gasteiger partial charge on any atom is -0.462 e. The van der Waals surface area contributed by atoms with Gasteiger partial charge in [0.15, 0.2) is 0 Å². The fraction of sp³-hybridized carbons (Fsp3) is 0.333. The Morgan fingerprint density at radius 3 is 2.35 bits per heavy atom. The summed E-state index contributed by atoms with van der Waals surface area (Å²) in [6.45, 7) is 9.72. The Kier molecular flexibility index (Phi) is 14.2. The molecule has 1 N–H and O–H groups in total. The van der Waals surface area contributed by atoms with Gasteiger partial charge in [0, 0.05) is 19.1 Å². The predicted molar refractivity (Wildman–Crippen MR) is 103 cm³/mol. The molecule has 0 saturated carbocycles. The van der Waals surface area contributed by atoms with E-state index in [2.05, 4.69) is 24.8 Å². The maximum absolute atomic E-state index is 11.5. The maximum atomic E-state index is 11.5. The molecule has 1 rings (SSSR count). The first-order valence-electron chi connectivity index (χ1n) is 8.54. The molecular weight excluding hydrogens is 332 g/mol. The molecule has 0 aromatic heterocycles. The molecule has 0 aliphatic heterocycles. The first-order chi connectivity index (χ1) is 12.5. The largest absolute Gasteiger partial charge is 0.462 e. The van der Waals surface area contributed by atoms with Gasteiger partial charge in [0.05, 0.1) is 18.8 Å². The van der Waals surface area contributed by atoms with Crippen LogP contribution in [0.25, 0.3) is 6.08 Å². The quantitative estimate of drug-likeness (QED) is 0.298. The van der Waals surface area contributed by atoms with Crippen LogP contribution >= 0.6 is 0 Å². The lowest BCUT2D eigenvalue weighted by atomic mass is 10.2. The van der Waals surface area contributed by atoms with Gasteiger partial charge in [0.1, 0.15) is 0 Å². The van der Waals surface area contributed by atoms with E-state index in [9.17, 15) is 9.59 Å². The van der Waals surface area contributed by atoms with E-state index >= 15 is 0 Å². The molecule has 0 fully saturated rings. The summed E-state index contributed by atoms with van der Waals surface area (Å²) in [6, 6.07) is 9.77. The number of rotatable bonds is 10. The number of hydrogen-bond acceptors (Lipinski definition) is 5. The molecular formula is C21H28O5. The number of unbranched alkanes of at least 4 members (excludes halogenated alkanes) is 1. The van der Waals surface area contributed by atoms with Crippen LogP contribution < -0.4 is 0 Å². The molecule has 0 aliphatic carbocycles. The van der Waals surface area contributed by atoms with E-state index < -0.39 is 5.97 Å². The predicted octanol–water partition coefficient (Wildman–Crippen LogP) is 3.70. The molecule has 5 nitrogen and oxygen atoms in total. The summed E-state index contributed by atoms with van der Waals surface area (Å²) < 4.78 is 9.56. The molecule has 0 atom stereocenters. The molecule has 0 saturated heterocycles. The van der Waals surface area contributed by atoms with Crippen LogP contribution in [0.3, 0.4) is 0 Å². The molecule has 1 aromatic rings. The van der Waals surface area contributed by atoms with Gasteiger partial charge in [-0.3, -0.25) is 0 Å². The average Bonchev–Trinajstić information content (AvgIpc) is 2.67. The van der Waals surface area contributed by atoms with Gasteiger partial charge >= 0.3 is 11.9 Å². The number of ether oxygens (including phenoxy) is 2. The second kappa shape index (κ2) is 15.8. The van der Waals surface area contributed by atoms with E-state index in [0.29, 0.717) is 18.6 Å². The third-order valence-electron chi connectivity index (χ3n) is 2.98. The Morgan fingerprint density at radius 2 is 1.77 bits per heavy atom. The summed E-state index contributed by atoms with van der Waals surface area (Å²) in [5.41, 5.74) is 1.42. The number of benzene rings is 1. The fourth-order valence-corrected chi connectivity index (χ4v) is 1.53. The van der Waals surface area contributed by atoms with Crippen molar-refractivity contribution in [3.63, 3.8) is 0 Å². The summed E-state index contributed by atoms with van der Waals surface area (Å²) in [5, 5.41) is 8.23. The van der Waals surface area contributed by atoms with Gasteiger partial charge in [-0.1, -0.05) is 62.9 Å². The Bertz CT molecular complexity index is 575. The van der Waals surface area contributed by atoms with Crippen LogP contribution in [0, 0.1) is 0 Å². The maximum Gasteiger partial charge on any atom is 0.337 e. The van der Waals surface area contributed by atoms with E-state index in [1.165, 1.54) is 0 Å². The summed E-state index contributed by atoms with van der Waals surface area (Å²) >= 11 is 0. The third-order valence-corrected chi connectivity index (χ3v) is 2.98. The molecule has 0 heterocycles. The van der Waals surface area contributed by atoms with Gasteiger partial charge < -0.3 is 14.6 Å². The lowest BCUT2D eigenvalue weighted by Gasteiger charge is -2.02. The van der Waals surface area contributed by atoms with Gasteiger partial charge in [-0.25, -0.2) is 9.59 Å². The van der Waals surface area contributed by atoms with Crippen molar-refractivity contribution in [2.45, 2.75) is 26.2 Å². The van der Waals surface area contributed by atoms with Gasteiger partial charge in [-0.15, -0.1) is 0 Å². The van der Waals surface area contributed by atoms with Crippen molar-refractivity contribution in [2.24, 2.45) is 0 Å². The summed E-state index contributed by atoms with van der Waals surface area (Å²) in [5.74, 6) is -0.783. The van der Waals surface area contributed by atoms with E-state index in [0.717, 1.165) is 24.5 Å². The lowest BCUT2D eigenvalue weighted by molar-refractivity contribution is -0.139. The first kappa shape index (κ1) is 23.3. The van der Waals surface area contributed by atoms with Crippen molar-refractivity contribution in [3.8, 4) is 0 Å². The number of aliphatic hydroxyl groups is 1. The van der Waals surface area contributed by atoms with Gasteiger partial charge in [-0.2, -0.15) is 0 Å². The van der Waals surface area contributed by atoms with Crippen LogP contribution in [0.2, 0.25) is 0 Å². The Balaban J connectivity index is 0.000000590. The summed E-state index contributed by atoms with van der Waals surface area (Å²) in [6.07, 6.45) is 7.02. The zero-order chi connectivity index (χ0) is 19.6. The Hall–Kier alpha value is -2.66. The monoisotopic (exact) mass is 360 g/mol. The Labute approximate surface area is 155 Å². The van der Waals surface area contributed by atoms with Crippen LogP contribution in [-0.2, 0) is 19.1 Å². The van der Waals surface area contributed by atoms with E-state index in [1.807, 2.05) is 36.4 Å². The van der Waals surface area contributed by atoms with Crippen LogP contribution in [0.15, 0.2) is 61.2 Å². The highest BCUT2D eigenvalue weighted by atomic mass is 16.5. The normalized spacial score (nSPS) is 9.77. The fourth-order valence-electron chi connectivity index (χ4n) is 1.53. The highest BCUT2D eigenvalue weighted by Crippen LogP contribution is 2.05. The van der Waals surface area contributed by atoms with Crippen molar-refractivity contribution in [3.05, 3.63) is 66.8 Å². The smallest absolute Gasteiger partial charge is 0.337 e. The van der Waals surface area contributed by atoms with Crippen LogP contribution in [0.1, 0.15) is 31.7 Å². The molecule has 0 radical (unpaired) electrons. The third kappa shape index (κ3) is 12.7. The van der Waals surface area contributed by atoms with E-state index in [1.54, 1.807) is 6.08 Å². The molecule has 0 bridgehead atoms. The second-order valence-corrected chi connectivity index (χ2v) is 5.21. The molecule has 5 heteroatoms. The summed E-state index contributed by atoms with van der Waals surface area (Å²) in [7, 11) is 0. The SMILES string of the molecule is C=C(C=Cc1ccccc1)C(=O)OCCCC.C=CC(=O)OCCCO. The number of carbonyl (C=O) groups is 2. The van der Waals surface area contributed by atoms with Crippen molar-refractivity contribution in [2.75, 3.05) is 19.8 Å². The molecule has 26 heavy (non-hydrogen) atoms. The van der Waals surface area contributed by atoms with Gasteiger partial charge in [-0.05, 0) is 18.1 Å². The Morgan fingerprint density at radius 1 is 1.12 bits per heavy atom. The highest BCUT2D eigenvalue weighted by molar-refractivity contribution is 5.92. The molecule has 0 aliphatic rings. The summed E-state index contributed by atoms with van der Waals surface area (Å²) in [4.78, 5) is 21.7. The van der Waals surface area contributed by atoms with Crippen molar-refractivity contribution in [1.29, 1.82) is 0 Å². The highest BCUT2D eigenvalue weighted by Gasteiger charge is 2.04. The zero-order valence-corrected chi connectivity index (χ0v) is 15.4. The number of carbonyl (C=O) groups excluding carboxylic acids is 2. The first-order valence-corrected chi connectivity index (χ1v) is 8.54. The van der Waals surface area contributed by atoms with Gasteiger partial charge in [0.2, 0.25) is 0 Å². The molecule has 1 aromatic carbocycles. The number of hydrogen-bond donors (Lipinski definition) is 1. The van der Waals surface area contributed by atoms with E-state index in [-0.39, 0.29) is 19.2 Å². The molecule has 0 spiro atoms. The van der Waals surface area contributed by atoms with Crippen LogP contribution in [0.4, 0.5) is 0 Å². The van der Waals surface area contributed by atoms with Crippen LogP contribution in [0.5, 0.6) is 0 Å². The van der Waals surface area contributed by atoms with E-state index in [4.69, 9.17) is 9.84 Å². The van der Waals surface area contributed by atoms with Gasteiger partial charge in [0.25, 0.3) is 0 Å². The van der Waals surface area contributed by atoms with Crippen molar-refractivity contribution < 1.29 is 24.2 Å². The van der Waals surface area contributed by atoms with Crippen molar-refractivity contribution in [1.82, 2.24) is 0 Å². The zero-order valence-electron chi connectivity index (χ0n) is 15.4. The number of esters is 2. The lowest BCUT2D eigenvalue weighted by Crippen LogP contribution is -2.06. The van der Waals surface area contributed by atoms with Crippen LogP contribution in [-0.4, -0.2) is 36.9 Å². The van der Waals surface area contributed by atoms with Crippen molar-refractivity contribution >= 4 is 18.0 Å².